The predicted octanol–water partition coefficient (Wildman–Crippen LogP) is 0.530. The first-order valence-corrected chi connectivity index (χ1v) is 6.11. The van der Waals surface area contributed by atoms with Gasteiger partial charge >= 0.3 is 5.97 Å². The molecule has 0 spiro atoms. The Morgan fingerprint density at radius 1 is 1.45 bits per heavy atom. The standard InChI is InChI=1S/C13H19N3O4/c1-8(12(17)15-5-6-20-2)16-11-4-3-9(13(18)19)7-10(11)14/h3-4,7-8,16H,5-6,14H2,1-2H3,(H,15,17)(H,18,19). The monoisotopic (exact) mass is 281 g/mol. The SMILES string of the molecule is COCCNC(=O)C(C)Nc1ccc(C(=O)O)cc1N. The van der Waals surface area contributed by atoms with Crippen molar-refractivity contribution < 1.29 is 19.4 Å². The van der Waals surface area contributed by atoms with E-state index in [1.165, 1.54) is 18.2 Å². The van der Waals surface area contributed by atoms with E-state index in [1.807, 2.05) is 0 Å². The molecule has 0 saturated carbocycles. The van der Waals surface area contributed by atoms with Gasteiger partial charge < -0.3 is 26.2 Å². The zero-order chi connectivity index (χ0) is 15.1. The van der Waals surface area contributed by atoms with Crippen molar-refractivity contribution in [1.29, 1.82) is 0 Å². The van der Waals surface area contributed by atoms with Crippen molar-refractivity contribution in [3.63, 3.8) is 0 Å². The van der Waals surface area contributed by atoms with Crippen LogP contribution in [0.15, 0.2) is 18.2 Å². The van der Waals surface area contributed by atoms with Crippen LogP contribution in [0.1, 0.15) is 17.3 Å². The lowest BCUT2D eigenvalue weighted by Gasteiger charge is -2.16. The molecule has 0 saturated heterocycles. The normalized spacial score (nSPS) is 11.7. The van der Waals surface area contributed by atoms with Crippen LogP contribution < -0.4 is 16.4 Å². The maximum atomic E-state index is 11.7. The van der Waals surface area contributed by atoms with Gasteiger partial charge in [0.15, 0.2) is 0 Å². The smallest absolute Gasteiger partial charge is 0.335 e. The van der Waals surface area contributed by atoms with Crippen LogP contribution in [0.5, 0.6) is 0 Å². The van der Waals surface area contributed by atoms with Gasteiger partial charge in [0.1, 0.15) is 6.04 Å². The summed E-state index contributed by atoms with van der Waals surface area (Å²) in [5.74, 6) is -1.24. The van der Waals surface area contributed by atoms with E-state index < -0.39 is 12.0 Å². The number of methoxy groups -OCH3 is 1. The Bertz CT molecular complexity index is 491. The number of ether oxygens (including phenoxy) is 1. The van der Waals surface area contributed by atoms with Gasteiger partial charge in [0, 0.05) is 13.7 Å². The Hall–Kier alpha value is -2.28. The number of carboxylic acid groups (broad SMARTS) is 1. The minimum absolute atomic E-state index is 0.102. The fourth-order valence-corrected chi connectivity index (χ4v) is 1.56. The third-order valence-corrected chi connectivity index (χ3v) is 2.67. The van der Waals surface area contributed by atoms with Gasteiger partial charge in [-0.05, 0) is 25.1 Å². The third-order valence-electron chi connectivity index (χ3n) is 2.67. The number of amides is 1. The molecule has 5 N–H and O–H groups in total. The zero-order valence-corrected chi connectivity index (χ0v) is 11.5. The maximum absolute atomic E-state index is 11.7. The molecule has 1 unspecified atom stereocenters. The third kappa shape index (κ3) is 4.43. The highest BCUT2D eigenvalue weighted by Crippen LogP contribution is 2.20. The second-order valence-corrected chi connectivity index (χ2v) is 4.26. The number of anilines is 2. The number of nitrogen functional groups attached to an aromatic ring is 1. The van der Waals surface area contributed by atoms with Crippen molar-refractivity contribution >= 4 is 23.3 Å². The summed E-state index contributed by atoms with van der Waals surface area (Å²) < 4.78 is 4.83. The number of nitrogens with two attached hydrogens (primary N) is 1. The molecule has 0 heterocycles. The van der Waals surface area contributed by atoms with Gasteiger partial charge in [-0.3, -0.25) is 4.79 Å². The number of carboxylic acids is 1. The first-order valence-electron chi connectivity index (χ1n) is 6.11. The van der Waals surface area contributed by atoms with Crippen LogP contribution in [-0.4, -0.2) is 43.3 Å². The molecule has 0 aliphatic rings. The van der Waals surface area contributed by atoms with Crippen molar-refractivity contribution in [2.75, 3.05) is 31.3 Å². The van der Waals surface area contributed by atoms with Crippen molar-refractivity contribution in [3.8, 4) is 0 Å². The molecule has 0 aliphatic carbocycles. The highest BCUT2D eigenvalue weighted by molar-refractivity contribution is 5.91. The van der Waals surface area contributed by atoms with Crippen LogP contribution >= 0.6 is 0 Å². The molecule has 0 aliphatic heterocycles. The predicted molar refractivity (Wildman–Crippen MR) is 75.8 cm³/mol. The number of rotatable bonds is 7. The molecule has 0 fully saturated rings. The van der Waals surface area contributed by atoms with Crippen LogP contribution in [0.25, 0.3) is 0 Å². The molecule has 1 rings (SSSR count). The summed E-state index contributed by atoms with van der Waals surface area (Å²) in [5.41, 5.74) is 6.65. The van der Waals surface area contributed by atoms with Gasteiger partial charge in [-0.25, -0.2) is 4.79 Å². The second-order valence-electron chi connectivity index (χ2n) is 4.26. The van der Waals surface area contributed by atoms with E-state index in [0.29, 0.717) is 18.8 Å². The van der Waals surface area contributed by atoms with Gasteiger partial charge in [-0.15, -0.1) is 0 Å². The number of carbonyl (C=O) groups is 2. The minimum atomic E-state index is -1.05. The van der Waals surface area contributed by atoms with E-state index in [9.17, 15) is 9.59 Å². The van der Waals surface area contributed by atoms with Crippen molar-refractivity contribution in [1.82, 2.24) is 5.32 Å². The number of carbonyl (C=O) groups excluding carboxylic acids is 1. The van der Waals surface area contributed by atoms with E-state index >= 15 is 0 Å². The molecule has 7 heteroatoms. The Kier molecular flexibility index (Phi) is 5.79. The number of hydrogen-bond acceptors (Lipinski definition) is 5. The second kappa shape index (κ2) is 7.34. The fourth-order valence-electron chi connectivity index (χ4n) is 1.56. The number of benzene rings is 1. The molecule has 0 bridgehead atoms. The molecule has 0 radical (unpaired) electrons. The summed E-state index contributed by atoms with van der Waals surface area (Å²) >= 11 is 0. The van der Waals surface area contributed by atoms with E-state index in [1.54, 1.807) is 14.0 Å². The van der Waals surface area contributed by atoms with E-state index in [4.69, 9.17) is 15.6 Å². The van der Waals surface area contributed by atoms with Crippen molar-refractivity contribution in [2.24, 2.45) is 0 Å². The van der Waals surface area contributed by atoms with Crippen LogP contribution in [0, 0.1) is 0 Å². The van der Waals surface area contributed by atoms with E-state index in [2.05, 4.69) is 10.6 Å². The summed E-state index contributed by atoms with van der Waals surface area (Å²) in [6, 6.07) is 3.82. The van der Waals surface area contributed by atoms with Crippen LogP contribution in [-0.2, 0) is 9.53 Å². The summed E-state index contributed by atoms with van der Waals surface area (Å²) in [4.78, 5) is 22.5. The van der Waals surface area contributed by atoms with E-state index in [-0.39, 0.29) is 17.2 Å². The zero-order valence-electron chi connectivity index (χ0n) is 11.5. The summed E-state index contributed by atoms with van der Waals surface area (Å²) in [7, 11) is 1.55. The van der Waals surface area contributed by atoms with Gasteiger partial charge in [0.25, 0.3) is 0 Å². The first-order chi connectivity index (χ1) is 9.45. The van der Waals surface area contributed by atoms with Crippen LogP contribution in [0.3, 0.4) is 0 Å². The number of hydrogen-bond donors (Lipinski definition) is 4. The van der Waals surface area contributed by atoms with E-state index in [0.717, 1.165) is 0 Å². The lowest BCUT2D eigenvalue weighted by Crippen LogP contribution is -2.39. The summed E-state index contributed by atoms with van der Waals surface area (Å²) in [5, 5.41) is 14.5. The molecule has 7 nitrogen and oxygen atoms in total. The molecular weight excluding hydrogens is 262 g/mol. The molecular formula is C13H19N3O4. The Labute approximate surface area is 117 Å². The molecule has 1 aromatic carbocycles. The lowest BCUT2D eigenvalue weighted by molar-refractivity contribution is -0.121. The molecule has 20 heavy (non-hydrogen) atoms. The molecule has 110 valence electrons. The van der Waals surface area contributed by atoms with Gasteiger partial charge in [-0.2, -0.15) is 0 Å². The average Bonchev–Trinajstić information content (AvgIpc) is 2.40. The van der Waals surface area contributed by atoms with Crippen LogP contribution in [0.4, 0.5) is 11.4 Å². The number of nitrogens with one attached hydrogen (secondary N) is 2. The van der Waals surface area contributed by atoms with Gasteiger partial charge in [0.2, 0.25) is 5.91 Å². The Balaban J connectivity index is 2.63. The lowest BCUT2D eigenvalue weighted by atomic mass is 10.1. The quantitative estimate of drug-likeness (QED) is 0.428. The molecule has 0 aromatic heterocycles. The maximum Gasteiger partial charge on any atom is 0.335 e. The van der Waals surface area contributed by atoms with Gasteiger partial charge in [0.05, 0.1) is 23.5 Å². The minimum Gasteiger partial charge on any atom is -0.478 e. The molecule has 1 atom stereocenters. The highest BCUT2D eigenvalue weighted by Gasteiger charge is 2.14. The van der Waals surface area contributed by atoms with Crippen molar-refractivity contribution in [2.45, 2.75) is 13.0 Å². The van der Waals surface area contributed by atoms with Crippen LogP contribution in [0.2, 0.25) is 0 Å². The highest BCUT2D eigenvalue weighted by atomic mass is 16.5. The Morgan fingerprint density at radius 2 is 2.15 bits per heavy atom. The Morgan fingerprint density at radius 3 is 2.70 bits per heavy atom. The topological polar surface area (TPSA) is 114 Å². The summed E-state index contributed by atoms with van der Waals surface area (Å²) in [6.07, 6.45) is 0. The van der Waals surface area contributed by atoms with Gasteiger partial charge in [-0.1, -0.05) is 0 Å². The molecule has 1 aromatic rings. The summed E-state index contributed by atoms with van der Waals surface area (Å²) in [6.45, 7) is 2.55. The van der Waals surface area contributed by atoms with Crippen molar-refractivity contribution in [3.05, 3.63) is 23.8 Å². The average molecular weight is 281 g/mol. The first kappa shape index (κ1) is 15.8. The molecule has 1 amide bonds. The largest absolute Gasteiger partial charge is 0.478 e. The fraction of sp³-hybridized carbons (Fsp3) is 0.385. The number of aromatic carboxylic acids is 1.